The van der Waals surface area contributed by atoms with Gasteiger partial charge in [-0.3, -0.25) is 9.69 Å². The molecule has 0 bridgehead atoms. The van der Waals surface area contributed by atoms with E-state index in [-0.39, 0.29) is 5.91 Å². The van der Waals surface area contributed by atoms with Crippen LogP contribution < -0.4 is 10.6 Å². The van der Waals surface area contributed by atoms with E-state index in [4.69, 9.17) is 0 Å². The molecular weight excluding hydrogens is 286 g/mol. The molecule has 0 aromatic heterocycles. The Morgan fingerprint density at radius 3 is 2.87 bits per heavy atom. The molecule has 2 heterocycles. The number of hydrogen-bond acceptors (Lipinski definition) is 3. The molecule has 23 heavy (non-hydrogen) atoms. The quantitative estimate of drug-likeness (QED) is 0.811. The highest BCUT2D eigenvalue weighted by Crippen LogP contribution is 2.15. The van der Waals surface area contributed by atoms with Crippen LogP contribution in [-0.2, 0) is 17.9 Å². The summed E-state index contributed by atoms with van der Waals surface area (Å²) in [6, 6.07) is 8.64. The average Bonchev–Trinajstić information content (AvgIpc) is 3.25. The SMILES string of the molecule is O=C(CCC1CCNC1)NCc1cccc(CN2CCCC2)c1. The number of hydrogen-bond donors (Lipinski definition) is 2. The molecule has 0 spiro atoms. The summed E-state index contributed by atoms with van der Waals surface area (Å²) in [5, 5.41) is 6.42. The molecule has 1 unspecified atom stereocenters. The zero-order valence-corrected chi connectivity index (χ0v) is 14.0. The highest BCUT2D eigenvalue weighted by Gasteiger charge is 2.15. The van der Waals surface area contributed by atoms with Crippen LogP contribution in [0.4, 0.5) is 0 Å². The molecule has 0 radical (unpaired) electrons. The number of carbonyl (C=O) groups excluding carboxylic acids is 1. The van der Waals surface area contributed by atoms with Gasteiger partial charge in [0.25, 0.3) is 0 Å². The third-order valence-electron chi connectivity index (χ3n) is 5.03. The molecule has 3 rings (SSSR count). The number of amides is 1. The van der Waals surface area contributed by atoms with Gasteiger partial charge in [0.2, 0.25) is 5.91 Å². The van der Waals surface area contributed by atoms with Crippen LogP contribution in [-0.4, -0.2) is 37.0 Å². The first-order valence-electron chi connectivity index (χ1n) is 9.07. The zero-order valence-electron chi connectivity index (χ0n) is 14.0. The molecule has 126 valence electrons. The van der Waals surface area contributed by atoms with E-state index >= 15 is 0 Å². The number of carbonyl (C=O) groups is 1. The Labute approximate surface area is 139 Å². The number of likely N-dealkylation sites (tertiary alicyclic amines) is 1. The molecule has 2 fully saturated rings. The van der Waals surface area contributed by atoms with E-state index in [1.807, 2.05) is 0 Å². The van der Waals surface area contributed by atoms with E-state index in [2.05, 4.69) is 39.8 Å². The lowest BCUT2D eigenvalue weighted by atomic mass is 10.0. The third-order valence-corrected chi connectivity index (χ3v) is 5.03. The topological polar surface area (TPSA) is 44.4 Å². The lowest BCUT2D eigenvalue weighted by molar-refractivity contribution is -0.121. The molecule has 1 amide bonds. The fourth-order valence-electron chi connectivity index (χ4n) is 3.62. The van der Waals surface area contributed by atoms with Crippen LogP contribution in [0, 0.1) is 5.92 Å². The van der Waals surface area contributed by atoms with Crippen molar-refractivity contribution in [2.45, 2.75) is 45.2 Å². The van der Waals surface area contributed by atoms with E-state index in [0.29, 0.717) is 18.9 Å². The Morgan fingerprint density at radius 1 is 1.26 bits per heavy atom. The molecule has 1 atom stereocenters. The molecule has 0 saturated carbocycles. The minimum absolute atomic E-state index is 0.182. The van der Waals surface area contributed by atoms with E-state index in [9.17, 15) is 4.79 Å². The van der Waals surface area contributed by atoms with Crippen molar-refractivity contribution in [2.75, 3.05) is 26.2 Å². The fourth-order valence-corrected chi connectivity index (χ4v) is 3.62. The second kappa shape index (κ2) is 8.46. The van der Waals surface area contributed by atoms with Crippen LogP contribution in [0.1, 0.15) is 43.2 Å². The van der Waals surface area contributed by atoms with Crippen molar-refractivity contribution in [3.8, 4) is 0 Å². The predicted molar refractivity (Wildman–Crippen MR) is 93.0 cm³/mol. The van der Waals surface area contributed by atoms with Crippen molar-refractivity contribution < 1.29 is 4.79 Å². The first-order valence-corrected chi connectivity index (χ1v) is 9.07. The number of rotatable bonds is 7. The van der Waals surface area contributed by atoms with Crippen molar-refractivity contribution in [3.63, 3.8) is 0 Å². The van der Waals surface area contributed by atoms with E-state index in [0.717, 1.165) is 26.1 Å². The van der Waals surface area contributed by atoms with Crippen molar-refractivity contribution in [1.82, 2.24) is 15.5 Å². The number of nitrogens with zero attached hydrogens (tertiary/aromatic N) is 1. The monoisotopic (exact) mass is 315 g/mol. The molecule has 4 nitrogen and oxygen atoms in total. The number of benzene rings is 1. The summed E-state index contributed by atoms with van der Waals surface area (Å²) >= 11 is 0. The van der Waals surface area contributed by atoms with Crippen molar-refractivity contribution in [2.24, 2.45) is 5.92 Å². The minimum Gasteiger partial charge on any atom is -0.352 e. The summed E-state index contributed by atoms with van der Waals surface area (Å²) in [7, 11) is 0. The second-order valence-corrected chi connectivity index (χ2v) is 6.98. The number of nitrogens with one attached hydrogen (secondary N) is 2. The third kappa shape index (κ3) is 5.33. The maximum Gasteiger partial charge on any atom is 0.220 e. The summed E-state index contributed by atoms with van der Waals surface area (Å²) in [6.45, 7) is 6.31. The van der Waals surface area contributed by atoms with Crippen molar-refractivity contribution in [3.05, 3.63) is 35.4 Å². The molecule has 4 heteroatoms. The maximum absolute atomic E-state index is 12.0. The second-order valence-electron chi connectivity index (χ2n) is 6.98. The lowest BCUT2D eigenvalue weighted by Gasteiger charge is -2.15. The molecule has 2 N–H and O–H groups in total. The summed E-state index contributed by atoms with van der Waals surface area (Å²) in [5.41, 5.74) is 2.56. The molecule has 2 aliphatic rings. The predicted octanol–water partition coefficient (Wildman–Crippen LogP) is 2.29. The Kier molecular flexibility index (Phi) is 6.06. The van der Waals surface area contributed by atoms with Gasteiger partial charge in [-0.05, 0) is 68.9 Å². The molecular formula is C19H29N3O. The van der Waals surface area contributed by atoms with E-state index in [1.165, 1.54) is 43.5 Å². The molecule has 1 aromatic carbocycles. The van der Waals surface area contributed by atoms with Crippen molar-refractivity contribution in [1.29, 1.82) is 0 Å². The molecule has 0 aliphatic carbocycles. The van der Waals surface area contributed by atoms with Gasteiger partial charge in [-0.15, -0.1) is 0 Å². The van der Waals surface area contributed by atoms with Crippen molar-refractivity contribution >= 4 is 5.91 Å². The first kappa shape index (κ1) is 16.5. The summed E-state index contributed by atoms with van der Waals surface area (Å²) < 4.78 is 0. The largest absolute Gasteiger partial charge is 0.352 e. The summed E-state index contributed by atoms with van der Waals surface area (Å²) in [6.07, 6.45) is 5.53. The molecule has 2 saturated heterocycles. The molecule has 2 aliphatic heterocycles. The van der Waals surface area contributed by atoms with Gasteiger partial charge in [-0.25, -0.2) is 0 Å². The molecule has 1 aromatic rings. The Bertz CT molecular complexity index is 505. The van der Waals surface area contributed by atoms with Gasteiger partial charge in [0, 0.05) is 19.5 Å². The Balaban J connectivity index is 1.41. The van der Waals surface area contributed by atoms with Crippen LogP contribution in [0.5, 0.6) is 0 Å². The first-order chi connectivity index (χ1) is 11.3. The lowest BCUT2D eigenvalue weighted by Crippen LogP contribution is -2.23. The zero-order chi connectivity index (χ0) is 15.9. The average molecular weight is 315 g/mol. The van der Waals surface area contributed by atoms with Gasteiger partial charge in [0.05, 0.1) is 0 Å². The van der Waals surface area contributed by atoms with Gasteiger partial charge in [0.1, 0.15) is 0 Å². The Morgan fingerprint density at radius 2 is 2.09 bits per heavy atom. The van der Waals surface area contributed by atoms with E-state index in [1.54, 1.807) is 0 Å². The van der Waals surface area contributed by atoms with Gasteiger partial charge in [-0.1, -0.05) is 24.3 Å². The Hall–Kier alpha value is -1.39. The van der Waals surface area contributed by atoms with Crippen LogP contribution in [0.2, 0.25) is 0 Å². The van der Waals surface area contributed by atoms with Gasteiger partial charge in [-0.2, -0.15) is 0 Å². The maximum atomic E-state index is 12.0. The van der Waals surface area contributed by atoms with Crippen LogP contribution in [0.15, 0.2) is 24.3 Å². The standard InChI is InChI=1S/C19H29N3O/c23-19(7-6-16-8-9-20-13-16)21-14-17-4-3-5-18(12-17)15-22-10-1-2-11-22/h3-5,12,16,20H,1-2,6-11,13-15H2,(H,21,23). The van der Waals surface area contributed by atoms with Gasteiger partial charge < -0.3 is 10.6 Å². The fraction of sp³-hybridized carbons (Fsp3) is 0.632. The summed E-state index contributed by atoms with van der Waals surface area (Å²) in [4.78, 5) is 14.5. The highest BCUT2D eigenvalue weighted by molar-refractivity contribution is 5.75. The summed E-state index contributed by atoms with van der Waals surface area (Å²) in [5.74, 6) is 0.867. The minimum atomic E-state index is 0.182. The van der Waals surface area contributed by atoms with Gasteiger partial charge >= 0.3 is 0 Å². The van der Waals surface area contributed by atoms with Crippen LogP contribution in [0.3, 0.4) is 0 Å². The van der Waals surface area contributed by atoms with Crippen LogP contribution in [0.25, 0.3) is 0 Å². The normalized spacial score (nSPS) is 21.7. The van der Waals surface area contributed by atoms with Gasteiger partial charge in [0.15, 0.2) is 0 Å². The smallest absolute Gasteiger partial charge is 0.220 e. The van der Waals surface area contributed by atoms with E-state index < -0.39 is 0 Å². The van der Waals surface area contributed by atoms with Crippen LogP contribution >= 0.6 is 0 Å². The highest BCUT2D eigenvalue weighted by atomic mass is 16.1.